The molecule has 3 N–H and O–H groups in total. The van der Waals surface area contributed by atoms with Crippen molar-refractivity contribution in [3.63, 3.8) is 0 Å². The molecule has 30 heavy (non-hydrogen) atoms. The fourth-order valence-corrected chi connectivity index (χ4v) is 3.42. The first-order valence-corrected chi connectivity index (χ1v) is 9.92. The molecule has 1 amide bonds. The molecule has 1 saturated heterocycles. The molecule has 0 spiro atoms. The molecule has 3 rings (SSSR count). The van der Waals surface area contributed by atoms with E-state index in [4.69, 9.17) is 21.8 Å². The van der Waals surface area contributed by atoms with Crippen molar-refractivity contribution < 1.29 is 13.6 Å². The number of furan rings is 1. The lowest BCUT2D eigenvalue weighted by Crippen LogP contribution is -2.52. The molecular formula is C20H26ClFIN5O2. The maximum atomic E-state index is 14.0. The summed E-state index contributed by atoms with van der Waals surface area (Å²) in [6.07, 6.45) is 0. The number of hydrogen-bond donors (Lipinski definition) is 2. The third-order valence-corrected chi connectivity index (χ3v) is 5.09. The Hall–Kier alpha value is -1.85. The molecule has 2 aromatic rings. The fourth-order valence-electron chi connectivity index (χ4n) is 3.20. The van der Waals surface area contributed by atoms with Crippen molar-refractivity contribution in [1.82, 2.24) is 15.1 Å². The molecule has 1 aliphatic rings. The standard InChI is InChI=1S/C20H25ClFN5O2.HI/c1-2-24-20(25-12-14-6-7-18(29-14)19(23)28)27-10-8-26(9-11-27)13-15-16(21)4-3-5-17(15)22;/h3-7H,2,8-13H2,1H3,(H2,23,28)(H,24,25);1H. The second kappa shape index (κ2) is 11.5. The Bertz CT molecular complexity index is 864. The molecule has 1 aromatic heterocycles. The molecule has 10 heteroatoms. The number of rotatable bonds is 6. The Kier molecular flexibility index (Phi) is 9.37. The molecule has 0 radical (unpaired) electrons. The number of piperazine rings is 1. The van der Waals surface area contributed by atoms with Crippen molar-refractivity contribution in [3.05, 3.63) is 58.3 Å². The number of nitrogens with one attached hydrogen (secondary N) is 1. The highest BCUT2D eigenvalue weighted by atomic mass is 127. The molecule has 164 valence electrons. The number of nitrogens with two attached hydrogens (primary N) is 1. The molecule has 7 nitrogen and oxygen atoms in total. The molecule has 0 unspecified atom stereocenters. The number of primary amides is 1. The van der Waals surface area contributed by atoms with Gasteiger partial charge in [0.05, 0.1) is 0 Å². The van der Waals surface area contributed by atoms with E-state index in [1.54, 1.807) is 24.3 Å². The lowest BCUT2D eigenvalue weighted by Gasteiger charge is -2.36. The van der Waals surface area contributed by atoms with Crippen LogP contribution in [0.15, 0.2) is 39.7 Å². The number of carbonyl (C=O) groups excluding carboxylic acids is 1. The van der Waals surface area contributed by atoms with Gasteiger partial charge in [0.1, 0.15) is 18.1 Å². The van der Waals surface area contributed by atoms with Crippen molar-refractivity contribution in [2.24, 2.45) is 10.7 Å². The predicted octanol–water partition coefficient (Wildman–Crippen LogP) is 3.07. The fraction of sp³-hybridized carbons (Fsp3) is 0.400. The van der Waals surface area contributed by atoms with Crippen molar-refractivity contribution in [2.75, 3.05) is 32.7 Å². The zero-order valence-corrected chi connectivity index (χ0v) is 19.8. The van der Waals surface area contributed by atoms with Gasteiger partial charge in [0.15, 0.2) is 11.7 Å². The molecule has 1 fully saturated rings. The summed E-state index contributed by atoms with van der Waals surface area (Å²) in [6, 6.07) is 8.01. The number of benzene rings is 1. The van der Waals surface area contributed by atoms with Gasteiger partial charge in [0.25, 0.3) is 5.91 Å². The minimum absolute atomic E-state index is 0. The van der Waals surface area contributed by atoms with Crippen LogP contribution in [-0.2, 0) is 13.1 Å². The maximum Gasteiger partial charge on any atom is 0.284 e. The summed E-state index contributed by atoms with van der Waals surface area (Å²) in [7, 11) is 0. The summed E-state index contributed by atoms with van der Waals surface area (Å²) in [5, 5.41) is 3.73. The normalized spacial score (nSPS) is 15.0. The molecule has 2 heterocycles. The Balaban J connectivity index is 0.00000320. The third kappa shape index (κ3) is 6.32. The lowest BCUT2D eigenvalue weighted by atomic mass is 10.2. The molecular weight excluding hydrogens is 524 g/mol. The van der Waals surface area contributed by atoms with E-state index in [9.17, 15) is 9.18 Å². The van der Waals surface area contributed by atoms with Gasteiger partial charge in [-0.2, -0.15) is 0 Å². The molecule has 0 atom stereocenters. The number of hydrogen-bond acceptors (Lipinski definition) is 4. The van der Waals surface area contributed by atoms with Crippen molar-refractivity contribution in [2.45, 2.75) is 20.0 Å². The maximum absolute atomic E-state index is 14.0. The van der Waals surface area contributed by atoms with Crippen LogP contribution in [0.5, 0.6) is 0 Å². The van der Waals surface area contributed by atoms with Crippen LogP contribution in [0.2, 0.25) is 5.02 Å². The Labute approximate surface area is 197 Å². The SMILES string of the molecule is CCNC(=NCc1ccc(C(N)=O)o1)N1CCN(Cc2c(F)cccc2Cl)CC1.I. The first-order valence-electron chi connectivity index (χ1n) is 9.55. The van der Waals surface area contributed by atoms with Crippen LogP contribution < -0.4 is 11.1 Å². The van der Waals surface area contributed by atoms with Crippen LogP contribution >= 0.6 is 35.6 Å². The van der Waals surface area contributed by atoms with Crippen molar-refractivity contribution >= 4 is 47.4 Å². The number of aliphatic imine (C=N–C) groups is 1. The van der Waals surface area contributed by atoms with Crippen LogP contribution in [-0.4, -0.2) is 54.4 Å². The van der Waals surface area contributed by atoms with Gasteiger partial charge in [-0.05, 0) is 31.2 Å². The quantitative estimate of drug-likeness (QED) is 0.329. The second-order valence-electron chi connectivity index (χ2n) is 6.76. The van der Waals surface area contributed by atoms with E-state index in [0.29, 0.717) is 29.4 Å². The average Bonchev–Trinajstić information content (AvgIpc) is 3.18. The van der Waals surface area contributed by atoms with Crippen LogP contribution in [0.3, 0.4) is 0 Å². The highest BCUT2D eigenvalue weighted by Gasteiger charge is 2.21. The van der Waals surface area contributed by atoms with Crippen molar-refractivity contribution in [1.29, 1.82) is 0 Å². The zero-order chi connectivity index (χ0) is 20.8. The molecule has 1 aliphatic heterocycles. The molecule has 0 aliphatic carbocycles. The summed E-state index contributed by atoms with van der Waals surface area (Å²) in [6.45, 7) is 6.56. The van der Waals surface area contributed by atoms with Gasteiger partial charge in [-0.1, -0.05) is 17.7 Å². The van der Waals surface area contributed by atoms with E-state index < -0.39 is 5.91 Å². The third-order valence-electron chi connectivity index (χ3n) is 4.74. The van der Waals surface area contributed by atoms with Crippen LogP contribution in [0, 0.1) is 5.82 Å². The molecule has 1 aromatic carbocycles. The van der Waals surface area contributed by atoms with Crippen LogP contribution in [0.1, 0.15) is 28.8 Å². The van der Waals surface area contributed by atoms with E-state index in [2.05, 4.69) is 20.1 Å². The Morgan fingerprint density at radius 3 is 2.60 bits per heavy atom. The summed E-state index contributed by atoms with van der Waals surface area (Å²) in [5.41, 5.74) is 5.74. The summed E-state index contributed by atoms with van der Waals surface area (Å²) in [5.74, 6) is 0.595. The smallest absolute Gasteiger partial charge is 0.284 e. The first-order chi connectivity index (χ1) is 14.0. The molecule has 0 saturated carbocycles. The summed E-state index contributed by atoms with van der Waals surface area (Å²) >= 11 is 6.15. The average molecular weight is 550 g/mol. The monoisotopic (exact) mass is 549 g/mol. The number of halogens is 3. The highest BCUT2D eigenvalue weighted by molar-refractivity contribution is 14.0. The second-order valence-corrected chi connectivity index (χ2v) is 7.17. The lowest BCUT2D eigenvalue weighted by molar-refractivity contribution is 0.0972. The van der Waals surface area contributed by atoms with E-state index in [1.165, 1.54) is 6.07 Å². The zero-order valence-electron chi connectivity index (χ0n) is 16.7. The van der Waals surface area contributed by atoms with E-state index >= 15 is 0 Å². The summed E-state index contributed by atoms with van der Waals surface area (Å²) < 4.78 is 19.4. The largest absolute Gasteiger partial charge is 0.454 e. The number of nitrogens with zero attached hydrogens (tertiary/aromatic N) is 3. The van der Waals surface area contributed by atoms with E-state index in [-0.39, 0.29) is 35.6 Å². The Morgan fingerprint density at radius 2 is 2.00 bits per heavy atom. The van der Waals surface area contributed by atoms with Gasteiger partial charge in [0.2, 0.25) is 0 Å². The van der Waals surface area contributed by atoms with Gasteiger partial charge in [0, 0.05) is 49.9 Å². The topological polar surface area (TPSA) is 87.1 Å². The first kappa shape index (κ1) is 24.4. The van der Waals surface area contributed by atoms with E-state index in [0.717, 1.165) is 38.7 Å². The number of carbonyl (C=O) groups is 1. The minimum Gasteiger partial charge on any atom is -0.454 e. The van der Waals surface area contributed by atoms with Gasteiger partial charge in [-0.15, -0.1) is 24.0 Å². The van der Waals surface area contributed by atoms with Crippen LogP contribution in [0.25, 0.3) is 0 Å². The van der Waals surface area contributed by atoms with Gasteiger partial charge < -0.3 is 20.4 Å². The van der Waals surface area contributed by atoms with Crippen LogP contribution in [0.4, 0.5) is 4.39 Å². The van der Waals surface area contributed by atoms with Gasteiger partial charge >= 0.3 is 0 Å². The van der Waals surface area contributed by atoms with E-state index in [1.807, 2.05) is 6.92 Å². The highest BCUT2D eigenvalue weighted by Crippen LogP contribution is 2.21. The Morgan fingerprint density at radius 1 is 1.27 bits per heavy atom. The number of amides is 1. The molecule has 0 bridgehead atoms. The predicted molar refractivity (Wildman–Crippen MR) is 126 cm³/mol. The number of guanidine groups is 1. The summed E-state index contributed by atoms with van der Waals surface area (Å²) in [4.78, 5) is 20.1. The van der Waals surface area contributed by atoms with Gasteiger partial charge in [-0.3, -0.25) is 9.69 Å². The minimum atomic E-state index is -0.599. The van der Waals surface area contributed by atoms with Crippen molar-refractivity contribution in [3.8, 4) is 0 Å². The van der Waals surface area contributed by atoms with Gasteiger partial charge in [-0.25, -0.2) is 9.38 Å².